The first-order chi connectivity index (χ1) is 8.52. The molecule has 1 aliphatic rings. The van der Waals surface area contributed by atoms with E-state index in [0.717, 1.165) is 4.90 Å². The van der Waals surface area contributed by atoms with Crippen LogP contribution in [0, 0.1) is 17.7 Å². The largest absolute Gasteiger partial charge is 0.336 e. The van der Waals surface area contributed by atoms with E-state index < -0.39 is 11.8 Å². The number of benzene rings is 1. The lowest BCUT2D eigenvalue weighted by Crippen LogP contribution is -2.56. The van der Waals surface area contributed by atoms with Crippen molar-refractivity contribution in [1.29, 1.82) is 0 Å². The molecule has 96 valence electrons. The Morgan fingerprint density at radius 3 is 2.61 bits per heavy atom. The van der Waals surface area contributed by atoms with E-state index in [9.17, 15) is 14.0 Å². The molecule has 1 aromatic carbocycles. The van der Waals surface area contributed by atoms with Crippen molar-refractivity contribution >= 4 is 17.6 Å². The second-order valence-corrected chi connectivity index (χ2v) is 4.66. The summed E-state index contributed by atoms with van der Waals surface area (Å²) in [6.45, 7) is 4.11. The standard InChI is InChI=1S/C13H15FN2O2/c1-8(2)9-7-15-13(18)16(12(9)17)11-6-4-3-5-10(11)14/h3-6,8-9H,7H2,1-2H3,(H,15,18). The molecule has 5 heteroatoms. The van der Waals surface area contributed by atoms with Gasteiger partial charge in [-0.15, -0.1) is 0 Å². The summed E-state index contributed by atoms with van der Waals surface area (Å²) in [4.78, 5) is 24.9. The van der Waals surface area contributed by atoms with Gasteiger partial charge in [0.05, 0.1) is 11.6 Å². The fraction of sp³-hybridized carbons (Fsp3) is 0.385. The average molecular weight is 250 g/mol. The molecule has 1 N–H and O–H groups in total. The van der Waals surface area contributed by atoms with Gasteiger partial charge >= 0.3 is 6.03 Å². The number of anilines is 1. The molecular formula is C13H15FN2O2. The molecule has 1 unspecified atom stereocenters. The van der Waals surface area contributed by atoms with Crippen LogP contribution in [0.1, 0.15) is 13.8 Å². The van der Waals surface area contributed by atoms with E-state index in [4.69, 9.17) is 0 Å². The molecule has 0 bridgehead atoms. The number of nitrogens with zero attached hydrogens (tertiary/aromatic N) is 1. The first kappa shape index (κ1) is 12.5. The normalized spacial score (nSPS) is 20.2. The van der Waals surface area contributed by atoms with Crippen molar-refractivity contribution in [3.05, 3.63) is 30.1 Å². The summed E-state index contributed by atoms with van der Waals surface area (Å²) in [5.74, 6) is -1.15. The van der Waals surface area contributed by atoms with Gasteiger partial charge in [0.15, 0.2) is 0 Å². The summed E-state index contributed by atoms with van der Waals surface area (Å²) in [7, 11) is 0. The summed E-state index contributed by atoms with van der Waals surface area (Å²) in [6, 6.07) is 5.20. The van der Waals surface area contributed by atoms with Gasteiger partial charge in [-0.3, -0.25) is 4.79 Å². The maximum atomic E-state index is 13.7. The van der Waals surface area contributed by atoms with E-state index in [0.29, 0.717) is 6.54 Å². The van der Waals surface area contributed by atoms with Gasteiger partial charge in [-0.2, -0.15) is 0 Å². The van der Waals surface area contributed by atoms with Gasteiger partial charge in [-0.05, 0) is 18.1 Å². The fourth-order valence-electron chi connectivity index (χ4n) is 2.01. The molecule has 2 rings (SSSR count). The molecule has 1 aliphatic heterocycles. The highest BCUT2D eigenvalue weighted by Crippen LogP contribution is 2.25. The van der Waals surface area contributed by atoms with Gasteiger partial charge < -0.3 is 5.32 Å². The maximum Gasteiger partial charge on any atom is 0.328 e. The van der Waals surface area contributed by atoms with Gasteiger partial charge in [-0.25, -0.2) is 14.1 Å². The summed E-state index contributed by atoms with van der Waals surface area (Å²) in [6.07, 6.45) is 0. The number of hydrogen-bond donors (Lipinski definition) is 1. The Morgan fingerprint density at radius 2 is 2.00 bits per heavy atom. The zero-order valence-electron chi connectivity index (χ0n) is 10.3. The molecule has 1 aromatic rings. The van der Waals surface area contributed by atoms with Gasteiger partial charge in [0.2, 0.25) is 5.91 Å². The molecule has 1 saturated heterocycles. The highest BCUT2D eigenvalue weighted by molar-refractivity contribution is 6.16. The van der Waals surface area contributed by atoms with E-state index in [1.54, 1.807) is 6.07 Å². The van der Waals surface area contributed by atoms with Crippen molar-refractivity contribution in [2.45, 2.75) is 13.8 Å². The van der Waals surface area contributed by atoms with Crippen molar-refractivity contribution < 1.29 is 14.0 Å². The van der Waals surface area contributed by atoms with E-state index in [1.165, 1.54) is 18.2 Å². The third-order valence-corrected chi connectivity index (χ3v) is 3.11. The number of rotatable bonds is 2. The van der Waals surface area contributed by atoms with Crippen LogP contribution in [0.25, 0.3) is 0 Å². The second-order valence-electron chi connectivity index (χ2n) is 4.66. The Morgan fingerprint density at radius 1 is 1.33 bits per heavy atom. The molecular weight excluding hydrogens is 235 g/mol. The molecule has 0 saturated carbocycles. The lowest BCUT2D eigenvalue weighted by molar-refractivity contribution is -0.123. The number of para-hydroxylation sites is 1. The summed E-state index contributed by atoms with van der Waals surface area (Å²) >= 11 is 0. The third-order valence-electron chi connectivity index (χ3n) is 3.11. The van der Waals surface area contributed by atoms with Gasteiger partial charge in [0, 0.05) is 6.54 Å². The van der Waals surface area contributed by atoms with Crippen molar-refractivity contribution in [3.63, 3.8) is 0 Å². The zero-order chi connectivity index (χ0) is 13.3. The van der Waals surface area contributed by atoms with Crippen LogP contribution in [0.4, 0.5) is 14.9 Å². The number of halogens is 1. The number of imide groups is 1. The summed E-state index contributed by atoms with van der Waals surface area (Å²) in [5.41, 5.74) is 0.00495. The lowest BCUT2D eigenvalue weighted by atomic mass is 9.92. The van der Waals surface area contributed by atoms with Crippen LogP contribution in [0.15, 0.2) is 24.3 Å². The third kappa shape index (κ3) is 2.08. The SMILES string of the molecule is CC(C)C1CNC(=O)N(c2ccccc2F)C1=O. The highest BCUT2D eigenvalue weighted by Gasteiger charge is 2.37. The Balaban J connectivity index is 2.38. The predicted molar refractivity (Wildman–Crippen MR) is 65.6 cm³/mol. The molecule has 1 heterocycles. The van der Waals surface area contributed by atoms with Crippen LogP contribution in [-0.2, 0) is 4.79 Å². The first-order valence-corrected chi connectivity index (χ1v) is 5.88. The first-order valence-electron chi connectivity index (χ1n) is 5.88. The number of carbonyl (C=O) groups excluding carboxylic acids is 2. The molecule has 1 atom stereocenters. The van der Waals surface area contributed by atoms with Crippen LogP contribution in [0.5, 0.6) is 0 Å². The van der Waals surface area contributed by atoms with Crippen molar-refractivity contribution in [2.24, 2.45) is 11.8 Å². The molecule has 0 aliphatic carbocycles. The fourth-order valence-corrected chi connectivity index (χ4v) is 2.01. The smallest absolute Gasteiger partial charge is 0.328 e. The minimum atomic E-state index is -0.578. The number of carbonyl (C=O) groups is 2. The van der Waals surface area contributed by atoms with Crippen LogP contribution < -0.4 is 10.2 Å². The Labute approximate surface area is 105 Å². The molecule has 18 heavy (non-hydrogen) atoms. The van der Waals surface area contributed by atoms with Crippen LogP contribution >= 0.6 is 0 Å². The van der Waals surface area contributed by atoms with Crippen molar-refractivity contribution in [1.82, 2.24) is 5.32 Å². The number of urea groups is 1. The van der Waals surface area contributed by atoms with Crippen molar-refractivity contribution in [2.75, 3.05) is 11.4 Å². The monoisotopic (exact) mass is 250 g/mol. The Hall–Kier alpha value is -1.91. The number of hydrogen-bond acceptors (Lipinski definition) is 2. The summed E-state index contributed by atoms with van der Waals surface area (Å²) in [5, 5.41) is 2.62. The highest BCUT2D eigenvalue weighted by atomic mass is 19.1. The van der Waals surface area contributed by atoms with E-state index >= 15 is 0 Å². The lowest BCUT2D eigenvalue weighted by Gasteiger charge is -2.33. The van der Waals surface area contributed by atoms with Gasteiger partial charge in [0.1, 0.15) is 5.82 Å². The van der Waals surface area contributed by atoms with Crippen molar-refractivity contribution in [3.8, 4) is 0 Å². The van der Waals surface area contributed by atoms with Gasteiger partial charge in [-0.1, -0.05) is 26.0 Å². The molecule has 0 spiro atoms. The van der Waals surface area contributed by atoms with E-state index in [2.05, 4.69) is 5.32 Å². The van der Waals surface area contributed by atoms with Crippen LogP contribution in [0.3, 0.4) is 0 Å². The summed E-state index contributed by atoms with van der Waals surface area (Å²) < 4.78 is 13.7. The molecule has 1 fully saturated rings. The topological polar surface area (TPSA) is 49.4 Å². The van der Waals surface area contributed by atoms with E-state index in [1.807, 2.05) is 13.8 Å². The molecule has 0 aromatic heterocycles. The Kier molecular flexibility index (Phi) is 3.32. The minimum Gasteiger partial charge on any atom is -0.336 e. The maximum absolute atomic E-state index is 13.7. The van der Waals surface area contributed by atoms with Crippen LogP contribution in [-0.4, -0.2) is 18.5 Å². The predicted octanol–water partition coefficient (Wildman–Crippen LogP) is 2.15. The molecule has 0 radical (unpaired) electrons. The second kappa shape index (κ2) is 4.76. The van der Waals surface area contributed by atoms with Gasteiger partial charge in [0.25, 0.3) is 0 Å². The number of nitrogens with one attached hydrogen (secondary N) is 1. The molecule has 3 amide bonds. The van der Waals surface area contributed by atoms with Crippen LogP contribution in [0.2, 0.25) is 0 Å². The average Bonchev–Trinajstić information content (AvgIpc) is 2.31. The number of amides is 3. The molecule has 4 nitrogen and oxygen atoms in total. The van der Waals surface area contributed by atoms with E-state index in [-0.39, 0.29) is 23.4 Å². The Bertz CT molecular complexity index is 488. The minimum absolute atomic E-state index is 0.00495. The zero-order valence-corrected chi connectivity index (χ0v) is 10.3. The quantitative estimate of drug-likeness (QED) is 0.874.